The summed E-state index contributed by atoms with van der Waals surface area (Å²) in [4.78, 5) is 13.5. The zero-order chi connectivity index (χ0) is 10.7. The highest BCUT2D eigenvalue weighted by molar-refractivity contribution is 5.75. The molecule has 1 aromatic carbocycles. The number of aldehydes is 1. The first-order chi connectivity index (χ1) is 7.35. The fraction of sp³-hybridized carbons (Fsp3) is 0.364. The summed E-state index contributed by atoms with van der Waals surface area (Å²) >= 11 is 0. The number of fused-ring (bicyclic) bond motifs is 1. The van der Waals surface area contributed by atoms with Crippen LogP contribution in [0.4, 0.5) is 0 Å². The van der Waals surface area contributed by atoms with E-state index >= 15 is 0 Å². The molecule has 4 nitrogen and oxygen atoms in total. The van der Waals surface area contributed by atoms with Crippen LogP contribution in [0.2, 0.25) is 0 Å². The first-order valence-electron chi connectivity index (χ1n) is 4.97. The van der Waals surface area contributed by atoms with E-state index in [1.54, 1.807) is 6.07 Å². The summed E-state index contributed by atoms with van der Waals surface area (Å²) in [5, 5.41) is 3.77. The molecule has 76 valence electrons. The summed E-state index contributed by atoms with van der Waals surface area (Å²) < 4.78 is 0. The number of carbonyl (C=O) groups excluding carboxylic acids is 1. The molecule has 0 heterocycles. The molecule has 0 bridgehead atoms. The van der Waals surface area contributed by atoms with E-state index in [2.05, 4.69) is 10.0 Å². The summed E-state index contributed by atoms with van der Waals surface area (Å²) in [7, 11) is 0. The van der Waals surface area contributed by atoms with Crippen molar-refractivity contribution in [2.45, 2.75) is 25.3 Å². The van der Waals surface area contributed by atoms with E-state index in [0.29, 0.717) is 5.56 Å². The van der Waals surface area contributed by atoms with Crippen LogP contribution in [-0.2, 0) is 6.42 Å². The van der Waals surface area contributed by atoms with Gasteiger partial charge in [-0.2, -0.15) is 0 Å². The lowest BCUT2D eigenvalue weighted by atomic mass is 9.87. The van der Waals surface area contributed by atoms with Gasteiger partial charge in [0.15, 0.2) is 0 Å². The first-order valence-corrected chi connectivity index (χ1v) is 4.97. The number of carbonyl (C=O) groups is 1. The Labute approximate surface area is 87.5 Å². The van der Waals surface area contributed by atoms with Gasteiger partial charge in [0.2, 0.25) is 0 Å². The van der Waals surface area contributed by atoms with Crippen molar-refractivity contribution in [3.05, 3.63) is 45.3 Å². The summed E-state index contributed by atoms with van der Waals surface area (Å²) in [6, 6.07) is 5.51. The number of benzene rings is 1. The second-order valence-corrected chi connectivity index (χ2v) is 3.69. The van der Waals surface area contributed by atoms with Gasteiger partial charge >= 0.3 is 0 Å². The van der Waals surface area contributed by atoms with Crippen molar-refractivity contribution in [2.75, 3.05) is 0 Å². The summed E-state index contributed by atoms with van der Waals surface area (Å²) in [5.74, 6) is 0. The Morgan fingerprint density at radius 1 is 1.53 bits per heavy atom. The average Bonchev–Trinajstić information content (AvgIpc) is 2.29. The van der Waals surface area contributed by atoms with Gasteiger partial charge in [-0.3, -0.25) is 4.79 Å². The maximum Gasteiger partial charge on any atom is 0.150 e. The standard InChI is InChI=1S/C11H11N3O/c12-14-13-11-3-1-2-9-6-8(7-15)4-5-10(9)11/h4-7,11H,1-3H2. The normalized spacial score (nSPS) is 18.8. The van der Waals surface area contributed by atoms with Crippen LogP contribution in [0.15, 0.2) is 23.3 Å². The summed E-state index contributed by atoms with van der Waals surface area (Å²) in [5.41, 5.74) is 11.4. The first kappa shape index (κ1) is 9.74. The molecule has 4 heteroatoms. The predicted octanol–water partition coefficient (Wildman–Crippen LogP) is 3.19. The van der Waals surface area contributed by atoms with Crippen LogP contribution < -0.4 is 0 Å². The Kier molecular flexibility index (Phi) is 2.70. The monoisotopic (exact) mass is 201 g/mol. The van der Waals surface area contributed by atoms with E-state index in [0.717, 1.165) is 36.7 Å². The molecule has 2 rings (SSSR count). The smallest absolute Gasteiger partial charge is 0.150 e. The zero-order valence-electron chi connectivity index (χ0n) is 8.26. The molecule has 0 saturated heterocycles. The highest BCUT2D eigenvalue weighted by atomic mass is 16.1. The van der Waals surface area contributed by atoms with Gasteiger partial charge in [0.1, 0.15) is 6.29 Å². The quantitative estimate of drug-likeness (QED) is 0.313. The van der Waals surface area contributed by atoms with Crippen LogP contribution in [0.3, 0.4) is 0 Å². The van der Waals surface area contributed by atoms with E-state index in [4.69, 9.17) is 5.53 Å². The summed E-state index contributed by atoms with van der Waals surface area (Å²) in [6.45, 7) is 0. The third kappa shape index (κ3) is 1.85. The van der Waals surface area contributed by atoms with Gasteiger partial charge in [-0.1, -0.05) is 17.2 Å². The van der Waals surface area contributed by atoms with Crippen LogP contribution in [0, 0.1) is 0 Å². The third-order valence-corrected chi connectivity index (χ3v) is 2.78. The molecule has 1 unspecified atom stereocenters. The van der Waals surface area contributed by atoms with Crippen molar-refractivity contribution in [1.82, 2.24) is 0 Å². The number of nitrogens with zero attached hydrogens (tertiary/aromatic N) is 3. The molecule has 0 saturated carbocycles. The minimum atomic E-state index is -0.0561. The van der Waals surface area contributed by atoms with Crippen LogP contribution >= 0.6 is 0 Å². The van der Waals surface area contributed by atoms with Crippen LogP contribution in [0.5, 0.6) is 0 Å². The van der Waals surface area contributed by atoms with Gasteiger partial charge in [-0.25, -0.2) is 0 Å². The van der Waals surface area contributed by atoms with Crippen LogP contribution in [0.25, 0.3) is 10.4 Å². The molecule has 0 N–H and O–H groups in total. The molecular weight excluding hydrogens is 190 g/mol. The average molecular weight is 201 g/mol. The van der Waals surface area contributed by atoms with E-state index < -0.39 is 0 Å². The maximum absolute atomic E-state index is 10.6. The van der Waals surface area contributed by atoms with E-state index in [9.17, 15) is 4.79 Å². The molecule has 15 heavy (non-hydrogen) atoms. The molecule has 0 spiro atoms. The summed E-state index contributed by atoms with van der Waals surface area (Å²) in [6.07, 6.45) is 3.72. The number of hydrogen-bond donors (Lipinski definition) is 0. The van der Waals surface area contributed by atoms with Gasteiger partial charge < -0.3 is 0 Å². The van der Waals surface area contributed by atoms with Crippen molar-refractivity contribution in [1.29, 1.82) is 0 Å². The molecule has 1 aromatic rings. The van der Waals surface area contributed by atoms with E-state index in [1.165, 1.54) is 0 Å². The Bertz CT molecular complexity index is 435. The predicted molar refractivity (Wildman–Crippen MR) is 56.7 cm³/mol. The Hall–Kier alpha value is -1.80. The van der Waals surface area contributed by atoms with Crippen molar-refractivity contribution >= 4 is 6.29 Å². The van der Waals surface area contributed by atoms with Crippen LogP contribution in [0.1, 0.15) is 40.4 Å². The second-order valence-electron chi connectivity index (χ2n) is 3.69. The fourth-order valence-electron chi connectivity index (χ4n) is 2.06. The molecule has 1 aliphatic carbocycles. The molecular formula is C11H11N3O. The Morgan fingerprint density at radius 3 is 3.13 bits per heavy atom. The van der Waals surface area contributed by atoms with Gasteiger partial charge in [0.05, 0.1) is 6.04 Å². The Balaban J connectivity index is 2.44. The highest BCUT2D eigenvalue weighted by Gasteiger charge is 2.18. The van der Waals surface area contributed by atoms with E-state index in [1.807, 2.05) is 12.1 Å². The minimum absolute atomic E-state index is 0.0561. The second kappa shape index (κ2) is 4.15. The van der Waals surface area contributed by atoms with Crippen molar-refractivity contribution in [2.24, 2.45) is 5.11 Å². The van der Waals surface area contributed by atoms with E-state index in [-0.39, 0.29) is 6.04 Å². The number of azide groups is 1. The SMILES string of the molecule is [N-]=[N+]=NC1CCCc2cc(C=O)ccc21. The van der Waals surface area contributed by atoms with Gasteiger partial charge in [0, 0.05) is 10.5 Å². The lowest BCUT2D eigenvalue weighted by molar-refractivity contribution is 0.112. The molecule has 1 aliphatic rings. The number of rotatable bonds is 2. The number of aryl methyl sites for hydroxylation is 1. The Morgan fingerprint density at radius 2 is 2.40 bits per heavy atom. The zero-order valence-corrected chi connectivity index (χ0v) is 8.26. The van der Waals surface area contributed by atoms with Crippen LogP contribution in [-0.4, -0.2) is 6.29 Å². The topological polar surface area (TPSA) is 65.8 Å². The molecule has 0 amide bonds. The molecule has 0 aliphatic heterocycles. The highest BCUT2D eigenvalue weighted by Crippen LogP contribution is 2.32. The molecule has 0 radical (unpaired) electrons. The number of hydrogen-bond acceptors (Lipinski definition) is 2. The maximum atomic E-state index is 10.6. The minimum Gasteiger partial charge on any atom is -0.298 e. The molecule has 1 atom stereocenters. The largest absolute Gasteiger partial charge is 0.298 e. The lowest BCUT2D eigenvalue weighted by Gasteiger charge is -2.21. The van der Waals surface area contributed by atoms with Crippen molar-refractivity contribution in [3.63, 3.8) is 0 Å². The lowest BCUT2D eigenvalue weighted by Crippen LogP contribution is -2.07. The van der Waals surface area contributed by atoms with Gasteiger partial charge in [-0.05, 0) is 42.0 Å². The van der Waals surface area contributed by atoms with Crippen molar-refractivity contribution in [3.8, 4) is 0 Å². The molecule has 0 aromatic heterocycles. The van der Waals surface area contributed by atoms with Crippen molar-refractivity contribution < 1.29 is 4.79 Å². The molecule has 0 fully saturated rings. The third-order valence-electron chi connectivity index (χ3n) is 2.78. The van der Waals surface area contributed by atoms with Gasteiger partial charge in [-0.15, -0.1) is 0 Å². The van der Waals surface area contributed by atoms with Gasteiger partial charge in [0.25, 0.3) is 0 Å². The fourth-order valence-corrected chi connectivity index (χ4v) is 2.06.